The maximum Gasteiger partial charge on any atom is 0.295 e. The van der Waals surface area contributed by atoms with E-state index >= 15 is 0 Å². The summed E-state index contributed by atoms with van der Waals surface area (Å²) in [5.74, 6) is -2.44. The van der Waals surface area contributed by atoms with Gasteiger partial charge in [-0.15, -0.1) is 11.3 Å². The first kappa shape index (κ1) is 19.8. The molecule has 1 N–H and O–H groups in total. The van der Waals surface area contributed by atoms with E-state index in [0.29, 0.717) is 4.88 Å². The Balaban J connectivity index is 1.88. The highest BCUT2D eigenvalue weighted by molar-refractivity contribution is 7.10. The van der Waals surface area contributed by atoms with Crippen molar-refractivity contribution in [1.29, 1.82) is 0 Å². The molecule has 1 atom stereocenters. The number of carbonyl (C=O) groups is 2. The molecule has 1 unspecified atom stereocenters. The first-order valence-corrected chi connectivity index (χ1v) is 9.94. The molecule has 4 rings (SSSR count). The van der Waals surface area contributed by atoms with Crippen LogP contribution in [0, 0.1) is 5.82 Å². The maximum absolute atomic E-state index is 13.9. The second kappa shape index (κ2) is 8.08. The highest BCUT2D eigenvalue weighted by Gasteiger charge is 2.46. The number of aliphatic hydroxyl groups is 1. The first-order valence-electron chi connectivity index (χ1n) is 9.06. The molecule has 6 nitrogen and oxygen atoms in total. The number of hydrogen-bond donors (Lipinski definition) is 1. The molecule has 2 aromatic heterocycles. The van der Waals surface area contributed by atoms with Gasteiger partial charge in [-0.05, 0) is 47.3 Å². The Morgan fingerprint density at radius 3 is 2.67 bits per heavy atom. The van der Waals surface area contributed by atoms with E-state index in [2.05, 4.69) is 4.98 Å². The van der Waals surface area contributed by atoms with Crippen molar-refractivity contribution in [3.63, 3.8) is 0 Å². The predicted octanol–water partition coefficient (Wildman–Crippen LogP) is 3.91. The summed E-state index contributed by atoms with van der Waals surface area (Å²) in [5.41, 5.74) is 0.707. The lowest BCUT2D eigenvalue weighted by molar-refractivity contribution is -0.140. The lowest BCUT2D eigenvalue weighted by Gasteiger charge is -2.24. The minimum Gasteiger partial charge on any atom is -0.507 e. The lowest BCUT2D eigenvalue weighted by atomic mass is 9.99. The zero-order valence-electron chi connectivity index (χ0n) is 15.9. The number of carbonyl (C=O) groups excluding carboxylic acids is 2. The van der Waals surface area contributed by atoms with Gasteiger partial charge >= 0.3 is 0 Å². The van der Waals surface area contributed by atoms with E-state index in [9.17, 15) is 19.1 Å². The maximum atomic E-state index is 13.9. The Kier molecular flexibility index (Phi) is 5.33. The topological polar surface area (TPSA) is 79.7 Å². The third-order valence-corrected chi connectivity index (χ3v) is 5.80. The second-order valence-electron chi connectivity index (χ2n) is 6.64. The van der Waals surface area contributed by atoms with E-state index in [1.54, 1.807) is 36.7 Å². The average Bonchev–Trinajstić information content (AvgIpc) is 3.37. The lowest BCUT2D eigenvalue weighted by Crippen LogP contribution is -2.28. The number of amides is 1. The number of likely N-dealkylation sites (tertiary alicyclic amines) is 1. The van der Waals surface area contributed by atoms with Crippen LogP contribution in [-0.4, -0.2) is 33.8 Å². The number of methoxy groups -OCH3 is 1. The number of Topliss-reactive ketones (excluding diaryl/α,β-unsaturated/α-hetero) is 1. The minimum absolute atomic E-state index is 0.0148. The second-order valence-corrected chi connectivity index (χ2v) is 7.62. The Labute approximate surface area is 175 Å². The van der Waals surface area contributed by atoms with Crippen molar-refractivity contribution in [2.75, 3.05) is 7.11 Å². The summed E-state index contributed by atoms with van der Waals surface area (Å²) in [7, 11) is 1.38. The van der Waals surface area contributed by atoms with Gasteiger partial charge in [-0.1, -0.05) is 6.07 Å². The van der Waals surface area contributed by atoms with Crippen molar-refractivity contribution in [2.45, 2.75) is 12.6 Å². The summed E-state index contributed by atoms with van der Waals surface area (Å²) in [6.07, 6.45) is 3.20. The molecule has 1 aliphatic heterocycles. The fraction of sp³-hybridized carbons (Fsp3) is 0.136. The quantitative estimate of drug-likeness (QED) is 0.382. The Morgan fingerprint density at radius 2 is 2.00 bits per heavy atom. The van der Waals surface area contributed by atoms with Crippen LogP contribution in [0.2, 0.25) is 0 Å². The molecule has 152 valence electrons. The third-order valence-electron chi connectivity index (χ3n) is 4.87. The van der Waals surface area contributed by atoms with Crippen LogP contribution in [0.1, 0.15) is 22.0 Å². The fourth-order valence-corrected chi connectivity index (χ4v) is 4.33. The molecular weight excluding hydrogens is 407 g/mol. The van der Waals surface area contributed by atoms with Gasteiger partial charge in [0, 0.05) is 23.8 Å². The van der Waals surface area contributed by atoms with Crippen LogP contribution in [0.4, 0.5) is 4.39 Å². The van der Waals surface area contributed by atoms with E-state index in [0.717, 1.165) is 11.6 Å². The summed E-state index contributed by atoms with van der Waals surface area (Å²) < 4.78 is 19.1. The van der Waals surface area contributed by atoms with Crippen molar-refractivity contribution < 1.29 is 23.8 Å². The number of aromatic nitrogens is 1. The molecular formula is C22H17FN2O4S. The average molecular weight is 424 g/mol. The molecule has 0 bridgehead atoms. The molecule has 0 spiro atoms. The van der Waals surface area contributed by atoms with Crippen LogP contribution in [0.15, 0.2) is 65.8 Å². The zero-order chi connectivity index (χ0) is 21.3. The number of aliphatic hydroxyl groups excluding tert-OH is 1. The van der Waals surface area contributed by atoms with Gasteiger partial charge in [-0.25, -0.2) is 4.39 Å². The molecule has 1 aliphatic rings. The van der Waals surface area contributed by atoms with E-state index in [1.807, 2.05) is 5.38 Å². The molecule has 8 heteroatoms. The van der Waals surface area contributed by atoms with Gasteiger partial charge < -0.3 is 14.7 Å². The number of hydrogen-bond acceptors (Lipinski definition) is 6. The predicted molar refractivity (Wildman–Crippen MR) is 109 cm³/mol. The van der Waals surface area contributed by atoms with Crippen molar-refractivity contribution in [3.8, 4) is 5.75 Å². The highest BCUT2D eigenvalue weighted by Crippen LogP contribution is 2.43. The molecule has 1 amide bonds. The number of rotatable bonds is 5. The summed E-state index contributed by atoms with van der Waals surface area (Å²) in [6, 6.07) is 9.92. The van der Waals surface area contributed by atoms with E-state index in [-0.39, 0.29) is 23.4 Å². The number of benzene rings is 1. The number of ether oxygens (including phenoxy) is 1. The van der Waals surface area contributed by atoms with Crippen molar-refractivity contribution in [1.82, 2.24) is 9.88 Å². The molecule has 1 saturated heterocycles. The van der Waals surface area contributed by atoms with Crippen LogP contribution in [-0.2, 0) is 16.1 Å². The normalized spacial score (nSPS) is 18.1. The molecule has 0 radical (unpaired) electrons. The molecule has 0 saturated carbocycles. The summed E-state index contributed by atoms with van der Waals surface area (Å²) in [6.45, 7) is 0.159. The summed E-state index contributed by atoms with van der Waals surface area (Å²) in [5, 5.41) is 12.8. The number of halogens is 1. The van der Waals surface area contributed by atoms with Gasteiger partial charge in [-0.2, -0.15) is 0 Å². The Hall–Kier alpha value is -3.52. The van der Waals surface area contributed by atoms with Crippen molar-refractivity contribution in [2.24, 2.45) is 0 Å². The molecule has 3 heterocycles. The van der Waals surface area contributed by atoms with Crippen LogP contribution < -0.4 is 4.74 Å². The number of pyridine rings is 1. The van der Waals surface area contributed by atoms with E-state index in [4.69, 9.17) is 4.74 Å². The van der Waals surface area contributed by atoms with Crippen LogP contribution in [0.3, 0.4) is 0 Å². The third kappa shape index (κ3) is 3.46. The minimum atomic E-state index is -0.828. The van der Waals surface area contributed by atoms with Gasteiger partial charge in [0.1, 0.15) is 17.3 Å². The monoisotopic (exact) mass is 424 g/mol. The van der Waals surface area contributed by atoms with Gasteiger partial charge in [0.2, 0.25) is 0 Å². The standard InChI is InChI=1S/C22H17FN2O4S/c1-29-16-5-4-14(23)11-15(16)20(26)18-19(17-3-2-10-30-17)25(22(28)21(18)27)12-13-6-8-24-9-7-13/h2-11,19,26H,12H2,1H3/b20-18-. The Bertz CT molecular complexity index is 1130. The zero-order valence-corrected chi connectivity index (χ0v) is 16.7. The van der Waals surface area contributed by atoms with Gasteiger partial charge in [-0.3, -0.25) is 14.6 Å². The summed E-state index contributed by atoms with van der Waals surface area (Å²) >= 11 is 1.36. The first-order chi connectivity index (χ1) is 14.5. The summed E-state index contributed by atoms with van der Waals surface area (Å²) in [4.78, 5) is 31.9. The fourth-order valence-electron chi connectivity index (χ4n) is 3.48. The Morgan fingerprint density at radius 1 is 1.23 bits per heavy atom. The number of ketones is 1. The van der Waals surface area contributed by atoms with Gasteiger partial charge in [0.15, 0.2) is 0 Å². The largest absolute Gasteiger partial charge is 0.507 e. The van der Waals surface area contributed by atoms with Gasteiger partial charge in [0.25, 0.3) is 11.7 Å². The van der Waals surface area contributed by atoms with Crippen molar-refractivity contribution >= 4 is 28.8 Å². The van der Waals surface area contributed by atoms with Gasteiger partial charge in [0.05, 0.1) is 24.3 Å². The highest BCUT2D eigenvalue weighted by atomic mass is 32.1. The molecule has 0 aliphatic carbocycles. The van der Waals surface area contributed by atoms with Crippen LogP contribution >= 0.6 is 11.3 Å². The molecule has 3 aromatic rings. The molecule has 30 heavy (non-hydrogen) atoms. The van der Waals surface area contributed by atoms with Crippen LogP contribution in [0.25, 0.3) is 5.76 Å². The smallest absolute Gasteiger partial charge is 0.295 e. The number of thiophene rings is 1. The molecule has 1 fully saturated rings. The SMILES string of the molecule is COc1ccc(F)cc1/C(O)=C1/C(=O)C(=O)N(Cc2ccncc2)C1c1cccs1. The molecule has 1 aromatic carbocycles. The number of nitrogens with zero attached hydrogens (tertiary/aromatic N) is 2. The van der Waals surface area contributed by atoms with E-state index < -0.39 is 29.3 Å². The van der Waals surface area contributed by atoms with Crippen molar-refractivity contribution in [3.05, 3.63) is 87.6 Å². The van der Waals surface area contributed by atoms with E-state index in [1.165, 1.54) is 35.5 Å². The van der Waals surface area contributed by atoms with Crippen LogP contribution in [0.5, 0.6) is 5.75 Å².